The van der Waals surface area contributed by atoms with Gasteiger partial charge in [0.15, 0.2) is 5.16 Å². The molecule has 1 N–H and O–H groups in total. The smallest absolute Gasteiger partial charge is 0.332 e. The standard InChI is InChI=1S/C15H9F4N3S/c16-11-5-3-9(4-6-11)12-13(10-2-1-7-20-8-10)22-14(21-12)23-15(17,18)19/h1-8H,(H,21,22). The van der Waals surface area contributed by atoms with Crippen LogP contribution in [-0.2, 0) is 0 Å². The number of nitrogens with one attached hydrogen (secondary N) is 1. The Morgan fingerprint density at radius 1 is 1.00 bits per heavy atom. The number of imidazole rings is 1. The van der Waals surface area contributed by atoms with Crippen molar-refractivity contribution < 1.29 is 17.6 Å². The number of hydrogen-bond acceptors (Lipinski definition) is 3. The number of rotatable bonds is 3. The molecule has 2 heterocycles. The van der Waals surface area contributed by atoms with E-state index in [1.54, 1.807) is 18.3 Å². The number of aromatic nitrogens is 3. The largest absolute Gasteiger partial charge is 0.449 e. The van der Waals surface area contributed by atoms with E-state index in [9.17, 15) is 17.6 Å². The van der Waals surface area contributed by atoms with Crippen LogP contribution in [0, 0.1) is 5.82 Å². The summed E-state index contributed by atoms with van der Waals surface area (Å²) in [4.78, 5) is 10.6. The monoisotopic (exact) mass is 339 g/mol. The first-order chi connectivity index (χ1) is 10.9. The lowest BCUT2D eigenvalue weighted by atomic mass is 10.1. The van der Waals surface area contributed by atoms with E-state index in [0.717, 1.165) is 0 Å². The zero-order chi connectivity index (χ0) is 16.4. The summed E-state index contributed by atoms with van der Waals surface area (Å²) < 4.78 is 50.8. The third-order valence-electron chi connectivity index (χ3n) is 2.96. The first-order valence-corrected chi connectivity index (χ1v) is 7.26. The topological polar surface area (TPSA) is 41.6 Å². The summed E-state index contributed by atoms with van der Waals surface area (Å²) in [6, 6.07) is 8.78. The minimum absolute atomic E-state index is 0.282. The average Bonchev–Trinajstić information content (AvgIpc) is 2.90. The highest BCUT2D eigenvalue weighted by Crippen LogP contribution is 2.39. The number of aromatic amines is 1. The molecule has 3 aromatic rings. The Morgan fingerprint density at radius 2 is 1.74 bits per heavy atom. The van der Waals surface area contributed by atoms with Gasteiger partial charge in [0, 0.05) is 35.3 Å². The van der Waals surface area contributed by atoms with E-state index in [1.165, 1.54) is 30.5 Å². The van der Waals surface area contributed by atoms with E-state index in [4.69, 9.17) is 0 Å². The van der Waals surface area contributed by atoms with Crippen LogP contribution in [0.15, 0.2) is 53.9 Å². The van der Waals surface area contributed by atoms with Crippen LogP contribution in [-0.4, -0.2) is 20.5 Å². The molecule has 0 unspecified atom stereocenters. The average molecular weight is 339 g/mol. The predicted molar refractivity (Wildman–Crippen MR) is 79.1 cm³/mol. The first kappa shape index (κ1) is 15.5. The van der Waals surface area contributed by atoms with Gasteiger partial charge in [0.25, 0.3) is 0 Å². The van der Waals surface area contributed by atoms with Crippen molar-refractivity contribution in [2.45, 2.75) is 10.7 Å². The van der Waals surface area contributed by atoms with Gasteiger partial charge in [0.1, 0.15) is 5.82 Å². The van der Waals surface area contributed by atoms with Crippen molar-refractivity contribution in [3.63, 3.8) is 0 Å². The van der Waals surface area contributed by atoms with Crippen molar-refractivity contribution in [2.75, 3.05) is 0 Å². The Kier molecular flexibility index (Phi) is 4.08. The Labute approximate surface area is 132 Å². The molecule has 2 aromatic heterocycles. The molecule has 8 heteroatoms. The number of halogens is 4. The van der Waals surface area contributed by atoms with Gasteiger partial charge >= 0.3 is 5.51 Å². The normalized spacial score (nSPS) is 11.7. The summed E-state index contributed by atoms with van der Waals surface area (Å²) >= 11 is -0.333. The molecule has 0 aliphatic heterocycles. The number of benzene rings is 1. The van der Waals surface area contributed by atoms with Crippen LogP contribution in [0.4, 0.5) is 17.6 Å². The summed E-state index contributed by atoms with van der Waals surface area (Å²) in [7, 11) is 0. The van der Waals surface area contributed by atoms with E-state index in [1.807, 2.05) is 0 Å². The van der Waals surface area contributed by atoms with Crippen molar-refractivity contribution >= 4 is 11.8 Å². The molecule has 0 atom stereocenters. The number of H-pyrrole nitrogens is 1. The molecule has 0 saturated heterocycles. The SMILES string of the molecule is Fc1ccc(-c2[nH]c(SC(F)(F)F)nc2-c2cccnc2)cc1. The fraction of sp³-hybridized carbons (Fsp3) is 0.0667. The highest BCUT2D eigenvalue weighted by atomic mass is 32.2. The van der Waals surface area contributed by atoms with Gasteiger partial charge in [-0.15, -0.1) is 0 Å². The zero-order valence-electron chi connectivity index (χ0n) is 11.4. The van der Waals surface area contributed by atoms with Crippen LogP contribution in [0.25, 0.3) is 22.5 Å². The lowest BCUT2D eigenvalue weighted by Crippen LogP contribution is -1.99. The number of hydrogen-bond donors (Lipinski definition) is 1. The number of alkyl halides is 3. The van der Waals surface area contributed by atoms with Gasteiger partial charge in [-0.2, -0.15) is 13.2 Å². The Balaban J connectivity index is 2.10. The molecular weight excluding hydrogens is 330 g/mol. The third-order valence-corrected chi connectivity index (χ3v) is 3.58. The Morgan fingerprint density at radius 3 is 2.35 bits per heavy atom. The van der Waals surface area contributed by atoms with Gasteiger partial charge in [-0.25, -0.2) is 9.37 Å². The molecule has 3 nitrogen and oxygen atoms in total. The van der Waals surface area contributed by atoms with Crippen molar-refractivity contribution in [1.29, 1.82) is 0 Å². The van der Waals surface area contributed by atoms with Gasteiger partial charge < -0.3 is 4.98 Å². The zero-order valence-corrected chi connectivity index (χ0v) is 12.2. The number of nitrogens with zero attached hydrogens (tertiary/aromatic N) is 2. The van der Waals surface area contributed by atoms with Crippen LogP contribution in [0.1, 0.15) is 0 Å². The molecule has 0 aliphatic carbocycles. The van der Waals surface area contributed by atoms with Crippen LogP contribution in [0.2, 0.25) is 0 Å². The molecule has 0 aliphatic rings. The van der Waals surface area contributed by atoms with Crippen molar-refractivity contribution in [2.24, 2.45) is 0 Å². The minimum atomic E-state index is -4.45. The maximum atomic E-state index is 13.1. The molecule has 0 amide bonds. The molecule has 1 aromatic carbocycles. The van der Waals surface area contributed by atoms with Crippen molar-refractivity contribution in [1.82, 2.24) is 15.0 Å². The summed E-state index contributed by atoms with van der Waals surface area (Å²) in [5, 5.41) is -0.282. The molecule has 0 saturated carbocycles. The quantitative estimate of drug-likeness (QED) is 0.546. The summed E-state index contributed by atoms with van der Waals surface area (Å²) in [5.74, 6) is -0.430. The molecule has 0 spiro atoms. The van der Waals surface area contributed by atoms with Crippen LogP contribution in [0.3, 0.4) is 0 Å². The van der Waals surface area contributed by atoms with E-state index in [2.05, 4.69) is 15.0 Å². The van der Waals surface area contributed by atoms with Crippen LogP contribution in [0.5, 0.6) is 0 Å². The van der Waals surface area contributed by atoms with Crippen LogP contribution >= 0.6 is 11.8 Å². The lowest BCUT2D eigenvalue weighted by Gasteiger charge is -2.02. The third kappa shape index (κ3) is 3.70. The maximum Gasteiger partial charge on any atom is 0.449 e. The molecular formula is C15H9F4N3S. The van der Waals surface area contributed by atoms with E-state index < -0.39 is 11.3 Å². The second kappa shape index (κ2) is 6.04. The van der Waals surface area contributed by atoms with Gasteiger partial charge in [0.2, 0.25) is 0 Å². The number of pyridine rings is 1. The summed E-state index contributed by atoms with van der Waals surface area (Å²) in [6.07, 6.45) is 3.06. The molecule has 23 heavy (non-hydrogen) atoms. The van der Waals surface area contributed by atoms with Gasteiger partial charge in [-0.1, -0.05) is 0 Å². The lowest BCUT2D eigenvalue weighted by molar-refractivity contribution is -0.0330. The van der Waals surface area contributed by atoms with Gasteiger partial charge in [0.05, 0.1) is 11.4 Å². The highest BCUT2D eigenvalue weighted by Gasteiger charge is 2.32. The Hall–Kier alpha value is -2.35. The molecule has 118 valence electrons. The fourth-order valence-electron chi connectivity index (χ4n) is 2.05. The Bertz CT molecular complexity index is 798. The second-order valence-electron chi connectivity index (χ2n) is 4.56. The predicted octanol–water partition coefficient (Wildman–Crippen LogP) is 4.89. The second-order valence-corrected chi connectivity index (χ2v) is 5.62. The van der Waals surface area contributed by atoms with Crippen LogP contribution < -0.4 is 0 Å². The van der Waals surface area contributed by atoms with E-state index >= 15 is 0 Å². The molecule has 0 bridgehead atoms. The summed E-state index contributed by atoms with van der Waals surface area (Å²) in [6.45, 7) is 0. The first-order valence-electron chi connectivity index (χ1n) is 6.44. The minimum Gasteiger partial charge on any atom is -0.332 e. The molecule has 0 fully saturated rings. The van der Waals surface area contributed by atoms with Crippen molar-refractivity contribution in [3.05, 3.63) is 54.6 Å². The molecule has 0 radical (unpaired) electrons. The maximum absolute atomic E-state index is 13.1. The highest BCUT2D eigenvalue weighted by molar-refractivity contribution is 8.00. The van der Waals surface area contributed by atoms with Crippen molar-refractivity contribution in [3.8, 4) is 22.5 Å². The summed E-state index contributed by atoms with van der Waals surface area (Å²) in [5.41, 5.74) is -2.64. The van der Waals surface area contributed by atoms with E-state index in [0.29, 0.717) is 22.5 Å². The fourth-order valence-corrected chi connectivity index (χ4v) is 2.56. The number of thioether (sulfide) groups is 1. The van der Waals surface area contributed by atoms with E-state index in [-0.39, 0.29) is 16.9 Å². The van der Waals surface area contributed by atoms with Gasteiger partial charge in [-0.3, -0.25) is 4.98 Å². The van der Waals surface area contributed by atoms with Gasteiger partial charge in [-0.05, 0) is 36.4 Å². The molecule has 3 rings (SSSR count).